The van der Waals surface area contributed by atoms with Crippen LogP contribution in [0.2, 0.25) is 0 Å². The summed E-state index contributed by atoms with van der Waals surface area (Å²) >= 11 is 1.71. The van der Waals surface area contributed by atoms with Gasteiger partial charge in [-0.3, -0.25) is 4.79 Å². The highest BCUT2D eigenvalue weighted by Gasteiger charge is 2.27. The van der Waals surface area contributed by atoms with Gasteiger partial charge in [0.1, 0.15) is 5.70 Å². The van der Waals surface area contributed by atoms with Gasteiger partial charge >= 0.3 is 0 Å². The summed E-state index contributed by atoms with van der Waals surface area (Å²) in [4.78, 5) is 17.2. The minimum absolute atomic E-state index is 0.0164. The van der Waals surface area contributed by atoms with Crippen molar-refractivity contribution in [2.45, 2.75) is 32.9 Å². The number of hydrogen-bond donors (Lipinski definition) is 0. The summed E-state index contributed by atoms with van der Waals surface area (Å²) in [6.07, 6.45) is 2.63. The number of hydrogen-bond acceptors (Lipinski definition) is 5. The fourth-order valence-corrected chi connectivity index (χ4v) is 4.39. The second-order valence-electron chi connectivity index (χ2n) is 7.63. The fourth-order valence-electron chi connectivity index (χ4n) is 3.56. The van der Waals surface area contributed by atoms with Crippen molar-refractivity contribution in [1.82, 2.24) is 25.1 Å². The van der Waals surface area contributed by atoms with E-state index in [0.717, 1.165) is 17.5 Å². The first kappa shape index (κ1) is 21.6. The van der Waals surface area contributed by atoms with E-state index in [2.05, 4.69) is 33.9 Å². The zero-order valence-corrected chi connectivity index (χ0v) is 18.9. The molecule has 2 heterocycles. The van der Waals surface area contributed by atoms with Crippen LogP contribution in [0.1, 0.15) is 28.8 Å². The van der Waals surface area contributed by atoms with Crippen LogP contribution in [0.5, 0.6) is 0 Å². The summed E-state index contributed by atoms with van der Waals surface area (Å²) in [6, 6.07) is 24.0. The van der Waals surface area contributed by atoms with Crippen LogP contribution in [0, 0.1) is 6.92 Å². The van der Waals surface area contributed by atoms with Crippen molar-refractivity contribution in [3.63, 3.8) is 0 Å². The average Bonchev–Trinajstić information content (AvgIpc) is 3.48. The first-order chi connectivity index (χ1) is 15.6. The predicted octanol–water partition coefficient (Wildman–Crippen LogP) is 4.70. The van der Waals surface area contributed by atoms with Crippen molar-refractivity contribution in [3.05, 3.63) is 100 Å². The molecule has 0 bridgehead atoms. The zero-order valence-electron chi connectivity index (χ0n) is 18.1. The molecule has 1 unspecified atom stereocenters. The van der Waals surface area contributed by atoms with E-state index in [1.54, 1.807) is 18.3 Å². The van der Waals surface area contributed by atoms with E-state index in [4.69, 9.17) is 0 Å². The zero-order chi connectivity index (χ0) is 22.3. The van der Waals surface area contributed by atoms with Gasteiger partial charge in [0.05, 0.1) is 0 Å². The van der Waals surface area contributed by atoms with Gasteiger partial charge in [0, 0.05) is 23.9 Å². The summed E-state index contributed by atoms with van der Waals surface area (Å²) in [5.41, 5.74) is 2.41. The van der Waals surface area contributed by atoms with Crippen LogP contribution in [-0.4, -0.2) is 37.1 Å². The third-order valence-corrected chi connectivity index (χ3v) is 6.14. The molecule has 2 aromatic carbocycles. The smallest absolute Gasteiger partial charge is 0.273 e. The third-order valence-electron chi connectivity index (χ3n) is 5.24. The Kier molecular flexibility index (Phi) is 6.87. The highest BCUT2D eigenvalue weighted by atomic mass is 32.1. The number of rotatable bonds is 8. The fraction of sp³-hybridized carbons (Fsp3) is 0.200. The molecule has 0 aliphatic heterocycles. The van der Waals surface area contributed by atoms with Crippen LogP contribution >= 0.6 is 11.3 Å². The molecule has 0 fully saturated rings. The number of thiophene rings is 1. The molecule has 0 saturated carbocycles. The van der Waals surface area contributed by atoms with E-state index in [0.29, 0.717) is 18.1 Å². The third kappa shape index (κ3) is 5.18. The quantitative estimate of drug-likeness (QED) is 0.370. The Morgan fingerprint density at radius 1 is 1.06 bits per heavy atom. The van der Waals surface area contributed by atoms with Crippen molar-refractivity contribution >= 4 is 29.0 Å². The predicted molar refractivity (Wildman–Crippen MR) is 128 cm³/mol. The van der Waals surface area contributed by atoms with Gasteiger partial charge in [0.2, 0.25) is 0 Å². The number of aryl methyl sites for hydroxylation is 1. The lowest BCUT2D eigenvalue weighted by atomic mass is 10.1. The van der Waals surface area contributed by atoms with Crippen molar-refractivity contribution < 1.29 is 4.79 Å². The molecular formula is C25H25N5OS. The second-order valence-corrected chi connectivity index (χ2v) is 8.66. The lowest BCUT2D eigenvalue weighted by Gasteiger charge is -2.30. The van der Waals surface area contributed by atoms with Gasteiger partial charge in [-0.05, 0) is 52.9 Å². The molecule has 0 aliphatic carbocycles. The molecule has 1 amide bonds. The molecule has 1 atom stereocenters. The topological polar surface area (TPSA) is 63.9 Å². The van der Waals surface area contributed by atoms with Gasteiger partial charge in [-0.15, -0.1) is 16.4 Å². The van der Waals surface area contributed by atoms with Crippen molar-refractivity contribution in [2.75, 3.05) is 0 Å². The van der Waals surface area contributed by atoms with Crippen LogP contribution in [0.4, 0.5) is 0 Å². The maximum absolute atomic E-state index is 14.0. The molecule has 0 spiro atoms. The molecule has 162 valence electrons. The maximum atomic E-state index is 14.0. The standard InChI is InChI=1S/C25H25N5OS/c1-19(16-23-14-9-15-32-23)29(18-22-12-7-4-8-13-22)25(31)24(30-20(2)26-27-28-30)17-21-10-5-3-6-11-21/h3-15,17,19H,16,18H2,1-2H3/b24-17-. The number of carbonyl (C=O) groups excluding carboxylic acids is 1. The highest BCUT2D eigenvalue weighted by Crippen LogP contribution is 2.22. The number of amides is 1. The van der Waals surface area contributed by atoms with Crippen molar-refractivity contribution in [1.29, 1.82) is 0 Å². The van der Waals surface area contributed by atoms with E-state index >= 15 is 0 Å². The van der Waals surface area contributed by atoms with E-state index < -0.39 is 0 Å². The summed E-state index contributed by atoms with van der Waals surface area (Å²) in [5, 5.41) is 13.9. The summed E-state index contributed by atoms with van der Waals surface area (Å²) in [6.45, 7) is 4.38. The monoisotopic (exact) mass is 443 g/mol. The van der Waals surface area contributed by atoms with Crippen LogP contribution in [-0.2, 0) is 17.8 Å². The Labute approximate surface area is 191 Å². The van der Waals surface area contributed by atoms with Crippen molar-refractivity contribution in [3.8, 4) is 0 Å². The summed E-state index contributed by atoms with van der Waals surface area (Å²) in [7, 11) is 0. The summed E-state index contributed by atoms with van der Waals surface area (Å²) < 4.78 is 1.52. The molecule has 4 aromatic rings. The SMILES string of the molecule is Cc1nnnn1/C(=C\c1ccccc1)C(=O)N(Cc1ccccc1)C(C)Cc1cccs1. The van der Waals surface area contributed by atoms with Crippen LogP contribution in [0.3, 0.4) is 0 Å². The molecular weight excluding hydrogens is 418 g/mol. The van der Waals surface area contributed by atoms with Crippen LogP contribution in [0.15, 0.2) is 78.2 Å². The van der Waals surface area contributed by atoms with Gasteiger partial charge in [0.15, 0.2) is 5.82 Å². The van der Waals surface area contributed by atoms with Gasteiger partial charge in [-0.1, -0.05) is 66.7 Å². The first-order valence-corrected chi connectivity index (χ1v) is 11.4. The molecule has 0 radical (unpaired) electrons. The van der Waals surface area contributed by atoms with Gasteiger partial charge in [-0.25, -0.2) is 0 Å². The van der Waals surface area contributed by atoms with Crippen LogP contribution < -0.4 is 0 Å². The van der Waals surface area contributed by atoms with Gasteiger partial charge in [0.25, 0.3) is 5.91 Å². The highest BCUT2D eigenvalue weighted by molar-refractivity contribution is 7.09. The van der Waals surface area contributed by atoms with E-state index in [1.807, 2.05) is 77.7 Å². The minimum Gasteiger partial charge on any atom is -0.330 e. The number of benzene rings is 2. The Morgan fingerprint density at radius 3 is 2.41 bits per heavy atom. The molecule has 0 saturated heterocycles. The largest absolute Gasteiger partial charge is 0.330 e. The van der Waals surface area contributed by atoms with Gasteiger partial charge < -0.3 is 4.90 Å². The molecule has 0 aliphatic rings. The number of nitrogens with zero attached hydrogens (tertiary/aromatic N) is 5. The first-order valence-electron chi connectivity index (χ1n) is 10.5. The summed E-state index contributed by atoms with van der Waals surface area (Å²) in [5.74, 6) is 0.447. The van der Waals surface area contributed by atoms with E-state index in [-0.39, 0.29) is 11.9 Å². The Morgan fingerprint density at radius 2 is 1.78 bits per heavy atom. The van der Waals surface area contributed by atoms with E-state index in [9.17, 15) is 4.79 Å². The lowest BCUT2D eigenvalue weighted by Crippen LogP contribution is -2.40. The maximum Gasteiger partial charge on any atom is 0.273 e. The van der Waals surface area contributed by atoms with Gasteiger partial charge in [-0.2, -0.15) is 4.68 Å². The van der Waals surface area contributed by atoms with E-state index in [1.165, 1.54) is 9.56 Å². The molecule has 7 heteroatoms. The number of aromatic nitrogens is 4. The minimum atomic E-state index is -0.114. The Hall–Kier alpha value is -3.58. The molecule has 6 nitrogen and oxygen atoms in total. The Balaban J connectivity index is 1.73. The Bertz CT molecular complexity index is 1170. The number of tetrazole rings is 1. The number of carbonyl (C=O) groups is 1. The molecule has 0 N–H and O–H groups in total. The average molecular weight is 444 g/mol. The molecule has 2 aromatic heterocycles. The molecule has 32 heavy (non-hydrogen) atoms. The lowest BCUT2D eigenvalue weighted by molar-refractivity contribution is -0.128. The second kappa shape index (κ2) is 10.2. The molecule has 4 rings (SSSR count). The van der Waals surface area contributed by atoms with Crippen molar-refractivity contribution in [2.24, 2.45) is 0 Å². The van der Waals surface area contributed by atoms with Crippen LogP contribution in [0.25, 0.3) is 11.8 Å². The normalized spacial score (nSPS) is 12.5.